The van der Waals surface area contributed by atoms with Gasteiger partial charge in [-0.15, -0.1) is 12.4 Å². The molecule has 2 rings (SSSR count). The maximum atomic E-state index is 13.2. The smallest absolute Gasteiger partial charge is 0.240 e. The van der Waals surface area contributed by atoms with Gasteiger partial charge in [-0.25, -0.2) is 4.39 Å². The van der Waals surface area contributed by atoms with Crippen molar-refractivity contribution in [3.8, 4) is 0 Å². The number of nitrogens with two attached hydrogens (primary N) is 1. The summed E-state index contributed by atoms with van der Waals surface area (Å²) in [5.74, 6) is -0.753. The molecule has 7 heteroatoms. The van der Waals surface area contributed by atoms with Crippen LogP contribution in [0.25, 0.3) is 0 Å². The van der Waals surface area contributed by atoms with Gasteiger partial charge >= 0.3 is 0 Å². The third-order valence-electron chi connectivity index (χ3n) is 4.92. The summed E-state index contributed by atoms with van der Waals surface area (Å²) < 4.78 is 18.8. The fraction of sp³-hybridized carbons (Fsp3) is 0.588. The highest BCUT2D eigenvalue weighted by molar-refractivity contribution is 5.88. The number of carbonyl (C=O) groups is 1. The summed E-state index contributed by atoms with van der Waals surface area (Å²) >= 11 is 0. The van der Waals surface area contributed by atoms with Crippen LogP contribution in [-0.2, 0) is 9.53 Å². The molecule has 1 aromatic carbocycles. The number of halogens is 2. The van der Waals surface area contributed by atoms with E-state index in [4.69, 9.17) is 10.5 Å². The van der Waals surface area contributed by atoms with Gasteiger partial charge in [-0.05, 0) is 24.6 Å². The molecular formula is C17H26ClFN2O3. The third-order valence-corrected chi connectivity index (χ3v) is 4.92. The van der Waals surface area contributed by atoms with E-state index in [-0.39, 0.29) is 31.0 Å². The highest BCUT2D eigenvalue weighted by atomic mass is 35.5. The number of ether oxygens (including phenoxy) is 1. The van der Waals surface area contributed by atoms with Gasteiger partial charge < -0.3 is 20.9 Å². The van der Waals surface area contributed by atoms with E-state index in [0.29, 0.717) is 18.6 Å². The number of aliphatic hydroxyl groups is 1. The normalized spacial score (nSPS) is 26.0. The molecule has 5 nitrogen and oxygen atoms in total. The van der Waals surface area contributed by atoms with Gasteiger partial charge in [-0.2, -0.15) is 0 Å². The van der Waals surface area contributed by atoms with Crippen molar-refractivity contribution in [3.63, 3.8) is 0 Å². The molecule has 0 saturated heterocycles. The van der Waals surface area contributed by atoms with E-state index >= 15 is 0 Å². The molecule has 24 heavy (non-hydrogen) atoms. The number of amides is 1. The number of nitrogens with one attached hydrogen (secondary N) is 1. The Kier molecular flexibility index (Phi) is 6.75. The van der Waals surface area contributed by atoms with Crippen molar-refractivity contribution in [2.45, 2.75) is 44.9 Å². The summed E-state index contributed by atoms with van der Waals surface area (Å²) in [4.78, 5) is 12.4. The molecule has 0 aliphatic heterocycles. The lowest BCUT2D eigenvalue weighted by atomic mass is 9.54. The van der Waals surface area contributed by atoms with Gasteiger partial charge in [0.25, 0.3) is 0 Å². The first-order valence-electron chi connectivity index (χ1n) is 7.84. The van der Waals surface area contributed by atoms with Crippen LogP contribution in [0.1, 0.15) is 38.9 Å². The summed E-state index contributed by atoms with van der Waals surface area (Å²) in [5, 5.41) is 12.7. The van der Waals surface area contributed by atoms with Gasteiger partial charge in [0.1, 0.15) is 11.4 Å². The first-order valence-corrected chi connectivity index (χ1v) is 7.84. The van der Waals surface area contributed by atoms with Gasteiger partial charge in [0, 0.05) is 25.0 Å². The van der Waals surface area contributed by atoms with E-state index < -0.39 is 22.9 Å². The lowest BCUT2D eigenvalue weighted by molar-refractivity contribution is -0.170. The minimum absolute atomic E-state index is 0. The van der Waals surface area contributed by atoms with Crippen molar-refractivity contribution in [1.82, 2.24) is 5.32 Å². The fourth-order valence-electron chi connectivity index (χ4n) is 3.00. The fourth-order valence-corrected chi connectivity index (χ4v) is 3.00. The second kappa shape index (κ2) is 7.78. The number of hydrogen-bond donors (Lipinski definition) is 3. The van der Waals surface area contributed by atoms with Crippen LogP contribution in [0.15, 0.2) is 24.3 Å². The second-order valence-electron chi connectivity index (χ2n) is 6.62. The molecule has 3 atom stereocenters. The van der Waals surface area contributed by atoms with Crippen LogP contribution in [0.2, 0.25) is 0 Å². The van der Waals surface area contributed by atoms with Crippen LogP contribution in [0.4, 0.5) is 4.39 Å². The van der Waals surface area contributed by atoms with E-state index in [0.717, 1.165) is 0 Å². The van der Waals surface area contributed by atoms with E-state index in [2.05, 4.69) is 5.32 Å². The highest BCUT2D eigenvalue weighted by Gasteiger charge is 2.62. The minimum Gasteiger partial charge on any atom is -0.387 e. The molecule has 3 unspecified atom stereocenters. The Morgan fingerprint density at radius 3 is 2.75 bits per heavy atom. The zero-order chi connectivity index (χ0) is 17.3. The molecule has 0 bridgehead atoms. The second-order valence-corrected chi connectivity index (χ2v) is 6.62. The first kappa shape index (κ1) is 20.8. The molecule has 4 N–H and O–H groups in total. The van der Waals surface area contributed by atoms with Gasteiger partial charge in [-0.3, -0.25) is 4.79 Å². The average Bonchev–Trinajstić information content (AvgIpc) is 2.51. The summed E-state index contributed by atoms with van der Waals surface area (Å²) in [6.45, 7) is 6.27. The zero-order valence-corrected chi connectivity index (χ0v) is 15.0. The van der Waals surface area contributed by atoms with Crippen LogP contribution in [0, 0.1) is 11.2 Å². The molecule has 1 saturated carbocycles. The molecule has 0 spiro atoms. The number of rotatable bonds is 6. The Labute approximate surface area is 148 Å². The summed E-state index contributed by atoms with van der Waals surface area (Å²) in [7, 11) is 0. The number of aliphatic hydroxyl groups excluding tert-OH is 1. The summed E-state index contributed by atoms with van der Waals surface area (Å²) in [5.41, 5.74) is 5.15. The van der Waals surface area contributed by atoms with E-state index in [1.165, 1.54) is 18.2 Å². The molecule has 136 valence electrons. The molecule has 1 amide bonds. The molecule has 1 aromatic rings. The van der Waals surface area contributed by atoms with E-state index in [1.54, 1.807) is 6.07 Å². The Morgan fingerprint density at radius 2 is 2.21 bits per heavy atom. The average molecular weight is 361 g/mol. The third kappa shape index (κ3) is 3.72. The molecule has 1 fully saturated rings. The van der Waals surface area contributed by atoms with Gasteiger partial charge in [-0.1, -0.05) is 26.0 Å². The molecule has 0 heterocycles. The van der Waals surface area contributed by atoms with Crippen molar-refractivity contribution < 1.29 is 19.0 Å². The Balaban J connectivity index is 0.00000288. The SMILES string of the molecule is CCOC1CC(N)(C(=O)NCC(O)c2cccc(F)c2)C1(C)C.Cl. The summed E-state index contributed by atoms with van der Waals surface area (Å²) in [6, 6.07) is 5.67. The molecule has 1 aliphatic carbocycles. The lowest BCUT2D eigenvalue weighted by Gasteiger charge is -2.57. The van der Waals surface area contributed by atoms with Crippen molar-refractivity contribution in [1.29, 1.82) is 0 Å². The van der Waals surface area contributed by atoms with Crippen LogP contribution >= 0.6 is 12.4 Å². The van der Waals surface area contributed by atoms with Gasteiger partial charge in [0.15, 0.2) is 0 Å². The van der Waals surface area contributed by atoms with Crippen LogP contribution in [0.5, 0.6) is 0 Å². The first-order chi connectivity index (χ1) is 10.7. The zero-order valence-electron chi connectivity index (χ0n) is 14.2. The minimum atomic E-state index is -1.03. The Bertz CT molecular complexity index is 585. The largest absolute Gasteiger partial charge is 0.387 e. The standard InChI is InChI=1S/C17H25FN2O3.ClH/c1-4-23-14-9-17(19,16(14,2)3)15(22)20-10-13(21)11-6-5-7-12(18)8-11;/h5-8,13-14,21H,4,9-10,19H2,1-3H3,(H,20,22);1H. The Morgan fingerprint density at radius 1 is 1.54 bits per heavy atom. The predicted octanol–water partition coefficient (Wildman–Crippen LogP) is 1.93. The van der Waals surface area contributed by atoms with Gasteiger partial charge in [0.05, 0.1) is 12.2 Å². The van der Waals surface area contributed by atoms with E-state index in [9.17, 15) is 14.3 Å². The Hall–Kier alpha value is -1.21. The lowest BCUT2D eigenvalue weighted by Crippen LogP contribution is -2.75. The quantitative estimate of drug-likeness (QED) is 0.723. The topological polar surface area (TPSA) is 84.6 Å². The van der Waals surface area contributed by atoms with Crippen molar-refractivity contribution in [3.05, 3.63) is 35.6 Å². The van der Waals surface area contributed by atoms with Gasteiger partial charge in [0.2, 0.25) is 5.91 Å². The van der Waals surface area contributed by atoms with Crippen molar-refractivity contribution in [2.24, 2.45) is 11.1 Å². The predicted molar refractivity (Wildman–Crippen MR) is 92.3 cm³/mol. The molecule has 0 radical (unpaired) electrons. The van der Waals surface area contributed by atoms with E-state index in [1.807, 2.05) is 20.8 Å². The van der Waals surface area contributed by atoms with Crippen molar-refractivity contribution >= 4 is 18.3 Å². The highest BCUT2D eigenvalue weighted by Crippen LogP contribution is 2.49. The molecular weight excluding hydrogens is 335 g/mol. The maximum Gasteiger partial charge on any atom is 0.240 e. The monoisotopic (exact) mass is 360 g/mol. The van der Waals surface area contributed by atoms with Crippen molar-refractivity contribution in [2.75, 3.05) is 13.2 Å². The molecule has 0 aromatic heterocycles. The van der Waals surface area contributed by atoms with Crippen LogP contribution in [0.3, 0.4) is 0 Å². The summed E-state index contributed by atoms with van der Waals surface area (Å²) in [6.07, 6.45) is -0.601. The van der Waals surface area contributed by atoms with Crippen LogP contribution < -0.4 is 11.1 Å². The molecule has 1 aliphatic rings. The maximum absolute atomic E-state index is 13.2. The number of hydrogen-bond acceptors (Lipinski definition) is 4. The number of carbonyl (C=O) groups excluding carboxylic acids is 1. The van der Waals surface area contributed by atoms with Crippen LogP contribution in [-0.4, -0.2) is 35.8 Å². The number of benzene rings is 1.